The van der Waals surface area contributed by atoms with Crippen LogP contribution in [0.2, 0.25) is 0 Å². The number of rotatable bonds is 3. The van der Waals surface area contributed by atoms with Crippen molar-refractivity contribution in [1.82, 2.24) is 5.32 Å². The van der Waals surface area contributed by atoms with Crippen LogP contribution in [0.1, 0.15) is 57.6 Å². The number of carbonyl (C=O) groups is 2. The molecule has 6 heteroatoms. The summed E-state index contributed by atoms with van der Waals surface area (Å²) in [6.45, 7) is 4.67. The van der Waals surface area contributed by atoms with Gasteiger partial charge in [0.1, 0.15) is 18.8 Å². The Kier molecular flexibility index (Phi) is 4.58. The highest BCUT2D eigenvalue weighted by atomic mass is 16.6. The van der Waals surface area contributed by atoms with E-state index in [2.05, 4.69) is 5.32 Å². The molecule has 2 aliphatic heterocycles. The molecule has 1 N–H and O–H groups in total. The van der Waals surface area contributed by atoms with Gasteiger partial charge >= 0.3 is 5.97 Å². The fourth-order valence-electron chi connectivity index (χ4n) is 4.28. The molecule has 0 bridgehead atoms. The summed E-state index contributed by atoms with van der Waals surface area (Å²) >= 11 is 0. The van der Waals surface area contributed by atoms with Crippen LogP contribution in [0, 0.1) is 0 Å². The molecular formula is C21H25NO5. The fraction of sp³-hybridized carbons (Fsp3) is 0.524. The second kappa shape index (κ2) is 6.91. The molecule has 1 saturated carbocycles. The Balaban J connectivity index is 1.55. The molecule has 144 valence electrons. The largest absolute Gasteiger partial charge is 0.486 e. The normalized spacial score (nSPS) is 21.8. The molecule has 4 rings (SSSR count). The van der Waals surface area contributed by atoms with Crippen LogP contribution >= 0.6 is 0 Å². The van der Waals surface area contributed by atoms with Crippen LogP contribution in [0.5, 0.6) is 11.5 Å². The van der Waals surface area contributed by atoms with Gasteiger partial charge in [-0.25, -0.2) is 4.79 Å². The van der Waals surface area contributed by atoms with Crippen LogP contribution in [0.25, 0.3) is 0 Å². The molecule has 1 aliphatic carbocycles. The van der Waals surface area contributed by atoms with Gasteiger partial charge in [-0.15, -0.1) is 0 Å². The molecular weight excluding hydrogens is 346 g/mol. The third-order valence-electron chi connectivity index (χ3n) is 5.73. The number of hydrogen-bond donors (Lipinski definition) is 1. The Labute approximate surface area is 158 Å². The molecule has 1 spiro atoms. The van der Waals surface area contributed by atoms with E-state index in [0.29, 0.717) is 30.1 Å². The molecule has 3 aliphatic rings. The van der Waals surface area contributed by atoms with Crippen LogP contribution in [-0.4, -0.2) is 30.7 Å². The number of nitrogens with one attached hydrogen (secondary N) is 1. The van der Waals surface area contributed by atoms with Crippen molar-refractivity contribution in [3.63, 3.8) is 0 Å². The summed E-state index contributed by atoms with van der Waals surface area (Å²) in [7, 11) is 0. The van der Waals surface area contributed by atoms with E-state index in [0.717, 1.165) is 43.4 Å². The summed E-state index contributed by atoms with van der Waals surface area (Å²) in [6.07, 6.45) is 4.49. The van der Waals surface area contributed by atoms with Gasteiger partial charge < -0.3 is 19.5 Å². The highest BCUT2D eigenvalue weighted by Crippen LogP contribution is 2.44. The third-order valence-corrected chi connectivity index (χ3v) is 5.73. The minimum absolute atomic E-state index is 0.220. The van der Waals surface area contributed by atoms with Crippen molar-refractivity contribution >= 4 is 11.9 Å². The van der Waals surface area contributed by atoms with E-state index >= 15 is 0 Å². The molecule has 1 unspecified atom stereocenters. The number of carbonyl (C=O) groups excluding carboxylic acids is 2. The monoisotopic (exact) mass is 371 g/mol. The minimum Gasteiger partial charge on any atom is -0.486 e. The summed E-state index contributed by atoms with van der Waals surface area (Å²) in [4.78, 5) is 25.3. The fourth-order valence-corrected chi connectivity index (χ4v) is 4.28. The molecule has 1 aromatic rings. The Bertz CT molecular complexity index is 807. The van der Waals surface area contributed by atoms with Gasteiger partial charge in [-0.2, -0.15) is 0 Å². The van der Waals surface area contributed by atoms with Crippen molar-refractivity contribution in [2.45, 2.75) is 57.6 Å². The van der Waals surface area contributed by atoms with Crippen molar-refractivity contribution in [1.29, 1.82) is 0 Å². The Hall–Kier alpha value is -2.50. The first-order valence-electron chi connectivity index (χ1n) is 9.65. The second-order valence-electron chi connectivity index (χ2n) is 7.54. The maximum absolute atomic E-state index is 13.1. The maximum atomic E-state index is 13.1. The van der Waals surface area contributed by atoms with E-state index in [1.807, 2.05) is 25.1 Å². The lowest BCUT2D eigenvalue weighted by Crippen LogP contribution is -2.41. The van der Waals surface area contributed by atoms with Gasteiger partial charge in [-0.3, -0.25) is 4.79 Å². The second-order valence-corrected chi connectivity index (χ2v) is 7.54. The van der Waals surface area contributed by atoms with Gasteiger partial charge in [0.05, 0.1) is 11.6 Å². The first kappa shape index (κ1) is 17.9. The molecule has 1 atom stereocenters. The minimum atomic E-state index is -0.740. The molecule has 6 nitrogen and oxygen atoms in total. The summed E-state index contributed by atoms with van der Waals surface area (Å²) in [5.41, 5.74) is 1.13. The number of fused-ring (bicyclic) bond motifs is 1. The average Bonchev–Trinajstić information content (AvgIpc) is 2.91. The number of amides is 1. The molecule has 0 saturated heterocycles. The Morgan fingerprint density at radius 2 is 1.81 bits per heavy atom. The SMILES string of the molecule is CC1=C(C(=O)NC(C)c2ccc3c(c2)OCCO3)C2(CCCCC2)OC1=O. The molecule has 1 fully saturated rings. The van der Waals surface area contributed by atoms with E-state index in [1.54, 1.807) is 6.92 Å². The topological polar surface area (TPSA) is 73.9 Å². The first-order chi connectivity index (χ1) is 13.0. The standard InChI is InChI=1S/C21H25NO5/c1-13-18(21(27-20(13)24)8-4-3-5-9-21)19(23)22-14(2)15-6-7-16-17(12-15)26-11-10-25-16/h6-7,12,14H,3-5,8-11H2,1-2H3,(H,22,23). The van der Waals surface area contributed by atoms with Gasteiger partial charge in [0.25, 0.3) is 5.91 Å². The quantitative estimate of drug-likeness (QED) is 0.826. The predicted molar refractivity (Wildman–Crippen MR) is 98.6 cm³/mol. The van der Waals surface area contributed by atoms with Crippen LogP contribution in [-0.2, 0) is 14.3 Å². The number of hydrogen-bond acceptors (Lipinski definition) is 5. The van der Waals surface area contributed by atoms with Crippen LogP contribution in [0.4, 0.5) is 0 Å². The highest BCUT2D eigenvalue weighted by molar-refractivity contribution is 6.07. The van der Waals surface area contributed by atoms with Crippen LogP contribution in [0.3, 0.4) is 0 Å². The summed E-state index contributed by atoms with van der Waals surface area (Å²) in [5.74, 6) is 0.827. The van der Waals surface area contributed by atoms with Gasteiger partial charge in [0.15, 0.2) is 11.5 Å². The van der Waals surface area contributed by atoms with E-state index in [4.69, 9.17) is 14.2 Å². The lowest BCUT2D eigenvalue weighted by Gasteiger charge is -2.34. The third kappa shape index (κ3) is 3.17. The first-order valence-corrected chi connectivity index (χ1v) is 9.65. The molecule has 1 aromatic carbocycles. The maximum Gasteiger partial charge on any atom is 0.335 e. The smallest absolute Gasteiger partial charge is 0.335 e. The van der Waals surface area contributed by atoms with Crippen LogP contribution < -0.4 is 14.8 Å². The van der Waals surface area contributed by atoms with Gasteiger partial charge in [0, 0.05) is 5.57 Å². The zero-order valence-electron chi connectivity index (χ0n) is 15.8. The Morgan fingerprint density at radius 3 is 2.56 bits per heavy atom. The van der Waals surface area contributed by atoms with E-state index in [-0.39, 0.29) is 17.9 Å². The number of benzene rings is 1. The van der Waals surface area contributed by atoms with Crippen LogP contribution in [0.15, 0.2) is 29.3 Å². The van der Waals surface area contributed by atoms with Crippen molar-refractivity contribution in [3.8, 4) is 11.5 Å². The van der Waals surface area contributed by atoms with Crippen molar-refractivity contribution in [2.24, 2.45) is 0 Å². The molecule has 0 aromatic heterocycles. The van der Waals surface area contributed by atoms with E-state index in [9.17, 15) is 9.59 Å². The van der Waals surface area contributed by atoms with Gasteiger partial charge in [-0.1, -0.05) is 12.5 Å². The molecule has 27 heavy (non-hydrogen) atoms. The Morgan fingerprint density at radius 1 is 1.11 bits per heavy atom. The van der Waals surface area contributed by atoms with E-state index < -0.39 is 5.60 Å². The highest BCUT2D eigenvalue weighted by Gasteiger charge is 2.49. The lowest BCUT2D eigenvalue weighted by molar-refractivity contribution is -0.149. The zero-order valence-corrected chi connectivity index (χ0v) is 15.8. The molecule has 0 radical (unpaired) electrons. The summed E-state index contributed by atoms with van der Waals surface area (Å²) < 4.78 is 16.9. The lowest BCUT2D eigenvalue weighted by atomic mass is 9.78. The zero-order chi connectivity index (χ0) is 19.0. The number of ether oxygens (including phenoxy) is 3. The van der Waals surface area contributed by atoms with Gasteiger partial charge in [0.2, 0.25) is 0 Å². The summed E-state index contributed by atoms with van der Waals surface area (Å²) in [5, 5.41) is 3.04. The number of esters is 1. The average molecular weight is 371 g/mol. The van der Waals surface area contributed by atoms with Crippen molar-refractivity contribution in [2.75, 3.05) is 13.2 Å². The van der Waals surface area contributed by atoms with Crippen molar-refractivity contribution in [3.05, 3.63) is 34.9 Å². The molecule has 2 heterocycles. The van der Waals surface area contributed by atoms with Gasteiger partial charge in [-0.05, 0) is 57.2 Å². The molecule has 1 amide bonds. The summed E-state index contributed by atoms with van der Waals surface area (Å²) in [6, 6.07) is 5.45. The van der Waals surface area contributed by atoms with Crippen molar-refractivity contribution < 1.29 is 23.8 Å². The van der Waals surface area contributed by atoms with E-state index in [1.165, 1.54) is 0 Å². The predicted octanol–water partition coefficient (Wildman–Crippen LogP) is 3.21.